The number of aliphatic hydroxyl groups excluding tert-OH is 1. The summed E-state index contributed by atoms with van der Waals surface area (Å²) in [5.74, 6) is -0.319. The van der Waals surface area contributed by atoms with Gasteiger partial charge in [-0.05, 0) is 30.3 Å². The minimum Gasteiger partial charge on any atom is -0.497 e. The van der Waals surface area contributed by atoms with E-state index in [1.54, 1.807) is 30.3 Å². The number of carbonyl (C=O) groups is 2. The maximum absolute atomic E-state index is 12.3. The summed E-state index contributed by atoms with van der Waals surface area (Å²) in [5, 5.41) is 14.5. The van der Waals surface area contributed by atoms with E-state index in [4.69, 9.17) is 4.74 Å². The summed E-state index contributed by atoms with van der Waals surface area (Å²) in [6.07, 6.45) is 0. The van der Waals surface area contributed by atoms with Gasteiger partial charge in [-0.15, -0.1) is 0 Å². The zero-order valence-electron chi connectivity index (χ0n) is 14.0. The third-order valence-electron chi connectivity index (χ3n) is 3.77. The molecule has 0 fully saturated rings. The zero-order valence-corrected chi connectivity index (χ0v) is 14.0. The molecule has 2 amide bonds. The van der Waals surface area contributed by atoms with Gasteiger partial charge >= 0.3 is 0 Å². The average Bonchev–Trinajstić information content (AvgIpc) is 3.08. The molecule has 1 atom stereocenters. The van der Waals surface area contributed by atoms with Gasteiger partial charge in [0.2, 0.25) is 5.95 Å². The number of aromatic amines is 1. The molecule has 4 N–H and O–H groups in total. The molecule has 0 saturated carbocycles. The van der Waals surface area contributed by atoms with Gasteiger partial charge in [0.15, 0.2) is 0 Å². The number of carbonyl (C=O) groups excluding carboxylic acids is 2. The minimum atomic E-state index is -1.12. The molecule has 2 aromatic carbocycles. The Morgan fingerprint density at radius 2 is 2.04 bits per heavy atom. The van der Waals surface area contributed by atoms with Crippen molar-refractivity contribution in [3.8, 4) is 5.75 Å². The monoisotopic (exact) mass is 354 g/mol. The Morgan fingerprint density at radius 3 is 2.77 bits per heavy atom. The Kier molecular flexibility index (Phi) is 5.14. The summed E-state index contributed by atoms with van der Waals surface area (Å²) < 4.78 is 5.07. The van der Waals surface area contributed by atoms with E-state index >= 15 is 0 Å². The van der Waals surface area contributed by atoms with Crippen LogP contribution in [0, 0.1) is 0 Å². The maximum atomic E-state index is 12.3. The topological polar surface area (TPSA) is 116 Å². The van der Waals surface area contributed by atoms with E-state index in [2.05, 4.69) is 20.6 Å². The number of hydrogen-bond donors (Lipinski definition) is 4. The normalized spacial score (nSPS) is 11.8. The van der Waals surface area contributed by atoms with Crippen LogP contribution in [-0.4, -0.2) is 46.6 Å². The third-order valence-corrected chi connectivity index (χ3v) is 3.77. The number of H-pyrrole nitrogens is 1. The molecule has 0 bridgehead atoms. The number of benzene rings is 2. The number of anilines is 1. The SMILES string of the molecule is COc1cccc(C(=O)NC(CO)C(=O)Nc2nc3ccccc3[nH]2)c1. The highest BCUT2D eigenvalue weighted by molar-refractivity contribution is 6.01. The molecule has 3 aromatic rings. The molecule has 0 saturated heterocycles. The van der Waals surface area contributed by atoms with E-state index in [0.717, 1.165) is 5.52 Å². The van der Waals surface area contributed by atoms with Crippen molar-refractivity contribution in [2.45, 2.75) is 6.04 Å². The quantitative estimate of drug-likeness (QED) is 0.532. The van der Waals surface area contributed by atoms with E-state index in [0.29, 0.717) is 16.8 Å². The van der Waals surface area contributed by atoms with Gasteiger partial charge in [-0.1, -0.05) is 18.2 Å². The molecule has 134 valence electrons. The minimum absolute atomic E-state index is 0.241. The van der Waals surface area contributed by atoms with Gasteiger partial charge in [0, 0.05) is 5.56 Å². The number of aliphatic hydroxyl groups is 1. The van der Waals surface area contributed by atoms with Crippen molar-refractivity contribution in [1.82, 2.24) is 15.3 Å². The first kappa shape index (κ1) is 17.4. The average molecular weight is 354 g/mol. The fraction of sp³-hybridized carbons (Fsp3) is 0.167. The molecule has 0 aliphatic rings. The lowest BCUT2D eigenvalue weighted by atomic mass is 10.2. The molecule has 1 aromatic heterocycles. The molecular formula is C18H18N4O4. The first-order valence-corrected chi connectivity index (χ1v) is 7.92. The Bertz CT molecular complexity index is 905. The molecule has 8 heteroatoms. The van der Waals surface area contributed by atoms with Crippen LogP contribution >= 0.6 is 0 Å². The summed E-state index contributed by atoms with van der Waals surface area (Å²) in [6.45, 7) is -0.554. The Balaban J connectivity index is 1.69. The molecule has 0 aliphatic heterocycles. The molecule has 1 unspecified atom stereocenters. The van der Waals surface area contributed by atoms with Gasteiger partial charge < -0.3 is 20.1 Å². The van der Waals surface area contributed by atoms with Crippen LogP contribution in [0.5, 0.6) is 5.75 Å². The van der Waals surface area contributed by atoms with Crippen molar-refractivity contribution in [1.29, 1.82) is 0 Å². The highest BCUT2D eigenvalue weighted by Crippen LogP contribution is 2.14. The summed E-state index contributed by atoms with van der Waals surface area (Å²) in [5.41, 5.74) is 1.78. The second-order valence-corrected chi connectivity index (χ2v) is 5.53. The van der Waals surface area contributed by atoms with E-state index in [1.165, 1.54) is 7.11 Å². The van der Waals surface area contributed by atoms with Gasteiger partial charge in [0.1, 0.15) is 11.8 Å². The predicted molar refractivity (Wildman–Crippen MR) is 96.1 cm³/mol. The number of hydrogen-bond acceptors (Lipinski definition) is 5. The van der Waals surface area contributed by atoms with Crippen LogP contribution in [0.3, 0.4) is 0 Å². The van der Waals surface area contributed by atoms with Crippen LogP contribution in [0.1, 0.15) is 10.4 Å². The largest absolute Gasteiger partial charge is 0.497 e. The van der Waals surface area contributed by atoms with Crippen LogP contribution in [-0.2, 0) is 4.79 Å². The Hall–Kier alpha value is -3.39. The highest BCUT2D eigenvalue weighted by Gasteiger charge is 2.22. The predicted octanol–water partition coefficient (Wildman–Crippen LogP) is 1.30. The van der Waals surface area contributed by atoms with Crippen molar-refractivity contribution >= 4 is 28.8 Å². The van der Waals surface area contributed by atoms with Gasteiger partial charge in [-0.25, -0.2) is 4.98 Å². The lowest BCUT2D eigenvalue weighted by molar-refractivity contribution is -0.118. The summed E-state index contributed by atoms with van der Waals surface area (Å²) in [4.78, 5) is 31.8. The molecular weight excluding hydrogens is 336 g/mol. The van der Waals surface area contributed by atoms with Crippen molar-refractivity contribution < 1.29 is 19.4 Å². The number of ether oxygens (including phenoxy) is 1. The smallest absolute Gasteiger partial charge is 0.252 e. The van der Waals surface area contributed by atoms with E-state index in [9.17, 15) is 14.7 Å². The number of fused-ring (bicyclic) bond motifs is 1. The van der Waals surface area contributed by atoms with Crippen molar-refractivity contribution in [3.05, 3.63) is 54.1 Å². The summed E-state index contributed by atoms with van der Waals surface area (Å²) >= 11 is 0. The highest BCUT2D eigenvalue weighted by atomic mass is 16.5. The van der Waals surface area contributed by atoms with Crippen LogP contribution in [0.4, 0.5) is 5.95 Å². The molecule has 0 aliphatic carbocycles. The van der Waals surface area contributed by atoms with Gasteiger partial charge in [-0.3, -0.25) is 14.9 Å². The molecule has 1 heterocycles. The lowest BCUT2D eigenvalue weighted by Crippen LogP contribution is -2.46. The van der Waals surface area contributed by atoms with E-state index < -0.39 is 24.5 Å². The second-order valence-electron chi connectivity index (χ2n) is 5.53. The maximum Gasteiger partial charge on any atom is 0.252 e. The van der Waals surface area contributed by atoms with Gasteiger partial charge in [-0.2, -0.15) is 0 Å². The van der Waals surface area contributed by atoms with Crippen molar-refractivity contribution in [3.63, 3.8) is 0 Å². The van der Waals surface area contributed by atoms with Gasteiger partial charge in [0.25, 0.3) is 11.8 Å². The number of nitrogens with zero attached hydrogens (tertiary/aromatic N) is 1. The van der Waals surface area contributed by atoms with Crippen LogP contribution in [0.15, 0.2) is 48.5 Å². The number of aromatic nitrogens is 2. The molecule has 0 spiro atoms. The fourth-order valence-electron chi connectivity index (χ4n) is 2.42. The number of methoxy groups -OCH3 is 1. The number of nitrogens with one attached hydrogen (secondary N) is 3. The molecule has 0 radical (unpaired) electrons. The van der Waals surface area contributed by atoms with E-state index in [1.807, 2.05) is 18.2 Å². The Morgan fingerprint density at radius 1 is 1.23 bits per heavy atom. The Labute approximate surface area is 149 Å². The standard InChI is InChI=1S/C18H18N4O4/c1-26-12-6-4-5-11(9-12)16(24)19-15(10-23)17(25)22-18-20-13-7-2-3-8-14(13)21-18/h2-9,15,23H,10H2,1H3,(H,19,24)(H2,20,21,22,25). The van der Waals surface area contributed by atoms with Crippen LogP contribution < -0.4 is 15.4 Å². The number of rotatable bonds is 6. The van der Waals surface area contributed by atoms with Gasteiger partial charge in [0.05, 0.1) is 24.8 Å². The third kappa shape index (κ3) is 3.81. The number of amides is 2. The lowest BCUT2D eigenvalue weighted by Gasteiger charge is -2.15. The molecule has 3 rings (SSSR count). The second kappa shape index (κ2) is 7.66. The van der Waals surface area contributed by atoms with Crippen molar-refractivity contribution in [2.75, 3.05) is 19.0 Å². The molecule has 26 heavy (non-hydrogen) atoms. The summed E-state index contributed by atoms with van der Waals surface area (Å²) in [6, 6.07) is 12.7. The number of para-hydroxylation sites is 2. The molecule has 8 nitrogen and oxygen atoms in total. The zero-order chi connectivity index (χ0) is 18.5. The first-order chi connectivity index (χ1) is 12.6. The number of imidazole rings is 1. The summed E-state index contributed by atoms with van der Waals surface area (Å²) in [7, 11) is 1.49. The van der Waals surface area contributed by atoms with Crippen molar-refractivity contribution in [2.24, 2.45) is 0 Å². The first-order valence-electron chi connectivity index (χ1n) is 7.92. The van der Waals surface area contributed by atoms with Crippen LogP contribution in [0.2, 0.25) is 0 Å². The fourth-order valence-corrected chi connectivity index (χ4v) is 2.42. The van der Waals surface area contributed by atoms with Crippen LogP contribution in [0.25, 0.3) is 11.0 Å². The van der Waals surface area contributed by atoms with E-state index in [-0.39, 0.29) is 5.95 Å².